The molecular formula is C16H18N4O4. The van der Waals surface area contributed by atoms with Crippen molar-refractivity contribution in [3.05, 3.63) is 57.8 Å². The lowest BCUT2D eigenvalue weighted by Crippen LogP contribution is -2.26. The van der Waals surface area contributed by atoms with Crippen LogP contribution >= 0.6 is 0 Å². The molecule has 3 N–H and O–H groups in total. The molecule has 8 nitrogen and oxygen atoms in total. The van der Waals surface area contributed by atoms with E-state index in [0.717, 1.165) is 36.8 Å². The quantitative estimate of drug-likeness (QED) is 0.636. The van der Waals surface area contributed by atoms with Crippen molar-refractivity contribution in [3.63, 3.8) is 0 Å². The molecule has 0 aliphatic carbocycles. The van der Waals surface area contributed by atoms with Crippen molar-refractivity contribution in [1.29, 1.82) is 0 Å². The number of nitrogens with zero attached hydrogens (tertiary/aromatic N) is 2. The second kappa shape index (κ2) is 6.71. The lowest BCUT2D eigenvalue weighted by atomic mass is 10.2. The van der Waals surface area contributed by atoms with E-state index < -0.39 is 16.7 Å². The Labute approximate surface area is 138 Å². The Hall–Kier alpha value is -2.87. The van der Waals surface area contributed by atoms with Gasteiger partial charge in [-0.1, -0.05) is 12.1 Å². The fourth-order valence-electron chi connectivity index (χ4n) is 2.66. The zero-order chi connectivity index (χ0) is 17.1. The molecule has 3 rings (SSSR count). The van der Waals surface area contributed by atoms with Crippen molar-refractivity contribution in [2.75, 3.05) is 18.0 Å². The van der Waals surface area contributed by atoms with E-state index in [0.29, 0.717) is 6.54 Å². The highest BCUT2D eigenvalue weighted by Crippen LogP contribution is 2.20. The monoisotopic (exact) mass is 330 g/mol. The summed E-state index contributed by atoms with van der Waals surface area (Å²) in [5.74, 6) is -1.02. The topological polar surface area (TPSA) is 115 Å². The fraction of sp³-hybridized carbons (Fsp3) is 0.312. The number of nitrogens with one attached hydrogen (secondary N) is 1. The number of benzene rings is 1. The van der Waals surface area contributed by atoms with Gasteiger partial charge in [0.1, 0.15) is 4.92 Å². The van der Waals surface area contributed by atoms with Gasteiger partial charge < -0.3 is 20.4 Å². The molecule has 126 valence electrons. The largest absolute Gasteiger partial charge is 0.433 e. The van der Waals surface area contributed by atoms with Crippen LogP contribution in [-0.4, -0.2) is 30.0 Å². The minimum Gasteiger partial charge on any atom is -0.395 e. The predicted octanol–water partition coefficient (Wildman–Crippen LogP) is 1.66. The van der Waals surface area contributed by atoms with Crippen LogP contribution in [0.15, 0.2) is 40.8 Å². The first-order valence-corrected chi connectivity index (χ1v) is 7.65. The van der Waals surface area contributed by atoms with Crippen LogP contribution in [0.25, 0.3) is 0 Å². The van der Waals surface area contributed by atoms with Gasteiger partial charge in [0.15, 0.2) is 5.76 Å². The second-order valence-corrected chi connectivity index (χ2v) is 5.74. The Morgan fingerprint density at radius 1 is 1.33 bits per heavy atom. The van der Waals surface area contributed by atoms with Gasteiger partial charge in [-0.05, 0) is 30.2 Å². The third-order valence-corrected chi connectivity index (χ3v) is 3.97. The van der Waals surface area contributed by atoms with Gasteiger partial charge in [0.2, 0.25) is 0 Å². The van der Waals surface area contributed by atoms with Gasteiger partial charge in [-0.2, -0.15) is 0 Å². The summed E-state index contributed by atoms with van der Waals surface area (Å²) in [7, 11) is 0. The number of hydrogen-bond acceptors (Lipinski definition) is 6. The molecule has 8 heteroatoms. The maximum Gasteiger partial charge on any atom is 0.433 e. The molecule has 0 radical (unpaired) electrons. The third kappa shape index (κ3) is 3.54. The number of carbonyl (C=O) groups is 1. The van der Waals surface area contributed by atoms with Crippen molar-refractivity contribution < 1.29 is 14.1 Å². The van der Waals surface area contributed by atoms with Gasteiger partial charge >= 0.3 is 5.88 Å². The zero-order valence-corrected chi connectivity index (χ0v) is 13.0. The number of nitro groups is 1. The standard InChI is InChI=1S/C16H18N4O4/c17-12-7-8-19(10-12)13-3-1-11(2-4-13)9-18-16(21)14-5-6-15(24-14)20(22)23/h1-6,12H,7-10,17H2,(H,18,21). The Balaban J connectivity index is 1.56. The van der Waals surface area contributed by atoms with E-state index in [9.17, 15) is 14.9 Å². The Morgan fingerprint density at radius 3 is 2.67 bits per heavy atom. The molecule has 0 bridgehead atoms. The van der Waals surface area contributed by atoms with E-state index in [1.54, 1.807) is 0 Å². The van der Waals surface area contributed by atoms with E-state index in [1.165, 1.54) is 6.07 Å². The van der Waals surface area contributed by atoms with Crippen LogP contribution in [0, 0.1) is 10.1 Å². The number of furan rings is 1. The first-order valence-electron chi connectivity index (χ1n) is 7.65. The summed E-state index contributed by atoms with van der Waals surface area (Å²) in [5.41, 5.74) is 7.95. The zero-order valence-electron chi connectivity index (χ0n) is 13.0. The van der Waals surface area contributed by atoms with Gasteiger partial charge in [0, 0.05) is 31.4 Å². The van der Waals surface area contributed by atoms with Crippen molar-refractivity contribution >= 4 is 17.5 Å². The molecule has 1 aromatic carbocycles. The van der Waals surface area contributed by atoms with E-state index in [2.05, 4.69) is 10.2 Å². The van der Waals surface area contributed by atoms with Crippen molar-refractivity contribution in [3.8, 4) is 0 Å². The number of carbonyl (C=O) groups excluding carboxylic acids is 1. The highest BCUT2D eigenvalue weighted by atomic mass is 16.6. The number of hydrogen-bond donors (Lipinski definition) is 2. The van der Waals surface area contributed by atoms with Crippen molar-refractivity contribution in [2.24, 2.45) is 5.73 Å². The van der Waals surface area contributed by atoms with E-state index in [4.69, 9.17) is 10.2 Å². The number of anilines is 1. The maximum atomic E-state index is 11.9. The molecule has 1 unspecified atom stereocenters. The van der Waals surface area contributed by atoms with Gasteiger partial charge in [0.05, 0.1) is 6.07 Å². The lowest BCUT2D eigenvalue weighted by molar-refractivity contribution is -0.402. The summed E-state index contributed by atoms with van der Waals surface area (Å²) >= 11 is 0. The molecule has 1 amide bonds. The van der Waals surface area contributed by atoms with Gasteiger partial charge in [0.25, 0.3) is 5.91 Å². The molecular weight excluding hydrogens is 312 g/mol. The molecule has 1 aliphatic rings. The molecule has 1 atom stereocenters. The van der Waals surface area contributed by atoms with Crippen LogP contribution in [0.2, 0.25) is 0 Å². The lowest BCUT2D eigenvalue weighted by Gasteiger charge is -2.18. The summed E-state index contributed by atoms with van der Waals surface area (Å²) in [5, 5.41) is 13.2. The maximum absolute atomic E-state index is 11.9. The van der Waals surface area contributed by atoms with Gasteiger partial charge in [-0.15, -0.1) is 0 Å². The normalized spacial score (nSPS) is 17.0. The summed E-state index contributed by atoms with van der Waals surface area (Å²) < 4.78 is 4.86. The van der Waals surface area contributed by atoms with Crippen molar-refractivity contribution in [2.45, 2.75) is 19.0 Å². The molecule has 0 saturated carbocycles. The summed E-state index contributed by atoms with van der Waals surface area (Å²) in [6, 6.07) is 10.5. The SMILES string of the molecule is NC1CCN(c2ccc(CNC(=O)c3ccc([N+](=O)[O-])o3)cc2)C1. The summed E-state index contributed by atoms with van der Waals surface area (Å²) in [4.78, 5) is 24.0. The molecule has 1 fully saturated rings. The number of rotatable bonds is 5. The smallest absolute Gasteiger partial charge is 0.395 e. The number of nitrogens with two attached hydrogens (primary N) is 1. The van der Waals surface area contributed by atoms with Crippen LogP contribution in [-0.2, 0) is 6.54 Å². The predicted molar refractivity (Wildman–Crippen MR) is 87.8 cm³/mol. The molecule has 1 saturated heterocycles. The molecule has 1 aromatic heterocycles. The fourth-order valence-corrected chi connectivity index (χ4v) is 2.66. The Bertz CT molecular complexity index is 741. The Kier molecular flexibility index (Phi) is 4.48. The van der Waals surface area contributed by atoms with E-state index in [1.807, 2.05) is 24.3 Å². The third-order valence-electron chi connectivity index (χ3n) is 3.97. The molecule has 0 spiro atoms. The van der Waals surface area contributed by atoms with E-state index in [-0.39, 0.29) is 11.8 Å². The minimum atomic E-state index is -0.681. The first kappa shape index (κ1) is 16.0. The summed E-state index contributed by atoms with van der Waals surface area (Å²) in [6.07, 6.45) is 0.993. The molecule has 24 heavy (non-hydrogen) atoms. The highest BCUT2D eigenvalue weighted by molar-refractivity contribution is 5.91. The van der Waals surface area contributed by atoms with Gasteiger partial charge in [-0.3, -0.25) is 14.9 Å². The number of amides is 1. The molecule has 1 aliphatic heterocycles. The van der Waals surface area contributed by atoms with Crippen LogP contribution in [0.5, 0.6) is 0 Å². The Morgan fingerprint density at radius 2 is 2.08 bits per heavy atom. The van der Waals surface area contributed by atoms with Crippen LogP contribution in [0.1, 0.15) is 22.5 Å². The minimum absolute atomic E-state index is 0.0793. The molecule has 2 heterocycles. The second-order valence-electron chi connectivity index (χ2n) is 5.74. The van der Waals surface area contributed by atoms with Crippen LogP contribution in [0.4, 0.5) is 11.6 Å². The van der Waals surface area contributed by atoms with Crippen LogP contribution < -0.4 is 16.0 Å². The molecule has 2 aromatic rings. The average molecular weight is 330 g/mol. The van der Waals surface area contributed by atoms with Crippen molar-refractivity contribution in [1.82, 2.24) is 5.32 Å². The van der Waals surface area contributed by atoms with E-state index >= 15 is 0 Å². The first-order chi connectivity index (χ1) is 11.5. The van der Waals surface area contributed by atoms with Crippen LogP contribution in [0.3, 0.4) is 0 Å². The highest BCUT2D eigenvalue weighted by Gasteiger charge is 2.19. The average Bonchev–Trinajstić information content (AvgIpc) is 3.22. The van der Waals surface area contributed by atoms with Gasteiger partial charge in [-0.25, -0.2) is 0 Å². The summed E-state index contributed by atoms with van der Waals surface area (Å²) in [6.45, 7) is 2.12.